The minimum atomic E-state index is -0.871. The summed E-state index contributed by atoms with van der Waals surface area (Å²) in [5.41, 5.74) is 2.61. The molecule has 4 nitrogen and oxygen atoms in total. The van der Waals surface area contributed by atoms with Crippen LogP contribution in [0.5, 0.6) is 0 Å². The van der Waals surface area contributed by atoms with E-state index in [4.69, 9.17) is 0 Å². The molecule has 3 rings (SSSR count). The molecular formula is C23H32N2O2. The largest absolute Gasteiger partial charge is 0.355 e. The van der Waals surface area contributed by atoms with Gasteiger partial charge in [0.2, 0.25) is 11.8 Å². The lowest BCUT2D eigenvalue weighted by atomic mass is 9.87. The average molecular weight is 369 g/mol. The lowest BCUT2D eigenvalue weighted by Crippen LogP contribution is -2.40. The molecule has 0 unspecified atom stereocenters. The van der Waals surface area contributed by atoms with Crippen LogP contribution in [-0.4, -0.2) is 18.4 Å². The zero-order valence-corrected chi connectivity index (χ0v) is 16.9. The van der Waals surface area contributed by atoms with Gasteiger partial charge in [0.15, 0.2) is 0 Å². The molecular weight excluding hydrogens is 336 g/mol. The number of nitrogens with one attached hydrogen (secondary N) is 2. The van der Waals surface area contributed by atoms with Gasteiger partial charge >= 0.3 is 0 Å². The molecule has 2 N–H and O–H groups in total. The first-order valence-electron chi connectivity index (χ1n) is 10.2. The minimum absolute atomic E-state index is 0.0773. The number of hydrogen-bond donors (Lipinski definition) is 2. The quantitative estimate of drug-likeness (QED) is 0.564. The summed E-state index contributed by atoms with van der Waals surface area (Å²) in [6.45, 7) is 7.11. The molecule has 1 fully saturated rings. The van der Waals surface area contributed by atoms with Crippen LogP contribution in [0.25, 0.3) is 0 Å². The topological polar surface area (TPSA) is 58.2 Å². The maximum atomic E-state index is 12.7. The second kappa shape index (κ2) is 7.87. The molecule has 2 amide bonds. The van der Waals surface area contributed by atoms with Gasteiger partial charge in [0.05, 0.1) is 0 Å². The third-order valence-electron chi connectivity index (χ3n) is 5.74. The van der Waals surface area contributed by atoms with E-state index in [1.807, 2.05) is 24.3 Å². The Kier molecular flexibility index (Phi) is 5.73. The van der Waals surface area contributed by atoms with Crippen molar-refractivity contribution in [1.29, 1.82) is 0 Å². The average Bonchev–Trinajstić information content (AvgIpc) is 3.44. The maximum absolute atomic E-state index is 12.7. The van der Waals surface area contributed by atoms with Crippen molar-refractivity contribution in [2.45, 2.75) is 71.1 Å². The smallest absolute Gasteiger partial charge is 0.240 e. The van der Waals surface area contributed by atoms with E-state index in [0.717, 1.165) is 24.9 Å². The van der Waals surface area contributed by atoms with Crippen LogP contribution >= 0.6 is 0 Å². The van der Waals surface area contributed by atoms with Gasteiger partial charge in [0, 0.05) is 12.2 Å². The molecule has 1 aromatic rings. The van der Waals surface area contributed by atoms with Crippen LogP contribution in [0.3, 0.4) is 0 Å². The Bertz CT molecular complexity index is 722. The van der Waals surface area contributed by atoms with Gasteiger partial charge in [-0.1, -0.05) is 44.6 Å². The zero-order valence-electron chi connectivity index (χ0n) is 16.9. The van der Waals surface area contributed by atoms with Crippen molar-refractivity contribution in [1.82, 2.24) is 5.32 Å². The number of amides is 2. The van der Waals surface area contributed by atoms with Gasteiger partial charge in [-0.15, -0.1) is 0 Å². The van der Waals surface area contributed by atoms with Crippen LogP contribution in [-0.2, 0) is 15.0 Å². The van der Waals surface area contributed by atoms with Crippen molar-refractivity contribution < 1.29 is 9.59 Å². The predicted octanol–water partition coefficient (Wildman–Crippen LogP) is 4.71. The van der Waals surface area contributed by atoms with Gasteiger partial charge in [-0.25, -0.2) is 0 Å². The van der Waals surface area contributed by atoms with E-state index >= 15 is 0 Å². The molecule has 1 saturated carbocycles. The van der Waals surface area contributed by atoms with Crippen molar-refractivity contribution in [3.63, 3.8) is 0 Å². The van der Waals surface area contributed by atoms with Crippen LogP contribution in [0.15, 0.2) is 35.9 Å². The highest BCUT2D eigenvalue weighted by atomic mass is 16.2. The molecule has 2 aliphatic rings. The first-order valence-corrected chi connectivity index (χ1v) is 10.2. The normalized spacial score (nSPS) is 18.4. The first kappa shape index (κ1) is 19.7. The fourth-order valence-corrected chi connectivity index (χ4v) is 3.62. The van der Waals surface area contributed by atoms with Crippen molar-refractivity contribution in [2.75, 3.05) is 11.9 Å². The number of benzene rings is 1. The second-order valence-corrected chi connectivity index (χ2v) is 8.98. The molecule has 0 aliphatic heterocycles. The Hall–Kier alpha value is -2.10. The highest BCUT2D eigenvalue weighted by Gasteiger charge is 2.56. The lowest BCUT2D eigenvalue weighted by Gasteiger charge is -2.20. The Morgan fingerprint density at radius 2 is 1.74 bits per heavy atom. The van der Waals surface area contributed by atoms with Gasteiger partial charge in [-0.05, 0) is 68.1 Å². The molecule has 1 aromatic carbocycles. The standard InChI is InChI=1S/C23H32N2O2/c1-22(2,3)18-9-11-19(12-10-18)25-21(27)23(14-15-23)20(26)24-16-13-17-7-5-4-6-8-17/h7,9-12H,4-6,8,13-16H2,1-3H3,(H,24,26)(H,25,27). The summed E-state index contributed by atoms with van der Waals surface area (Å²) in [5, 5.41) is 5.92. The van der Waals surface area contributed by atoms with Gasteiger partial charge < -0.3 is 10.6 Å². The molecule has 0 saturated heterocycles. The molecule has 4 heteroatoms. The summed E-state index contributed by atoms with van der Waals surface area (Å²) in [7, 11) is 0. The van der Waals surface area contributed by atoms with Gasteiger partial charge in [0.25, 0.3) is 0 Å². The van der Waals surface area contributed by atoms with E-state index in [-0.39, 0.29) is 17.2 Å². The third kappa shape index (κ3) is 4.79. The van der Waals surface area contributed by atoms with Crippen LogP contribution < -0.4 is 10.6 Å². The van der Waals surface area contributed by atoms with Crippen LogP contribution in [0, 0.1) is 5.41 Å². The molecule has 2 aliphatic carbocycles. The maximum Gasteiger partial charge on any atom is 0.240 e. The van der Waals surface area contributed by atoms with Gasteiger partial charge in [-0.2, -0.15) is 0 Å². The molecule has 0 atom stereocenters. The number of hydrogen-bond acceptors (Lipinski definition) is 2. The van der Waals surface area contributed by atoms with E-state index < -0.39 is 5.41 Å². The number of rotatable bonds is 6. The summed E-state index contributed by atoms with van der Waals surface area (Å²) in [4.78, 5) is 25.3. The van der Waals surface area contributed by atoms with Gasteiger partial charge in [-0.3, -0.25) is 9.59 Å². The first-order chi connectivity index (χ1) is 12.8. The number of carbonyl (C=O) groups excluding carboxylic acids is 2. The van der Waals surface area contributed by atoms with Crippen molar-refractivity contribution in [3.05, 3.63) is 41.5 Å². The molecule has 146 valence electrons. The second-order valence-electron chi connectivity index (χ2n) is 8.98. The summed E-state index contributed by atoms with van der Waals surface area (Å²) < 4.78 is 0. The Morgan fingerprint density at radius 1 is 1.04 bits per heavy atom. The van der Waals surface area contributed by atoms with E-state index in [0.29, 0.717) is 19.4 Å². The minimum Gasteiger partial charge on any atom is -0.355 e. The Balaban J connectivity index is 1.52. The SMILES string of the molecule is CC(C)(C)c1ccc(NC(=O)C2(C(=O)NCCC3=CCCCC3)CC2)cc1. The fraction of sp³-hybridized carbons (Fsp3) is 0.565. The van der Waals surface area contributed by atoms with Gasteiger partial charge in [0.1, 0.15) is 5.41 Å². The summed E-state index contributed by atoms with van der Waals surface area (Å²) in [6.07, 6.45) is 9.29. The molecule has 27 heavy (non-hydrogen) atoms. The number of anilines is 1. The summed E-state index contributed by atoms with van der Waals surface area (Å²) >= 11 is 0. The summed E-state index contributed by atoms with van der Waals surface area (Å²) in [6, 6.07) is 7.91. The number of carbonyl (C=O) groups is 2. The molecule has 0 radical (unpaired) electrons. The Labute approximate surface area is 162 Å². The molecule has 0 aromatic heterocycles. The highest BCUT2D eigenvalue weighted by Crippen LogP contribution is 2.47. The van der Waals surface area contributed by atoms with Crippen molar-refractivity contribution >= 4 is 17.5 Å². The van der Waals surface area contributed by atoms with E-state index in [9.17, 15) is 9.59 Å². The predicted molar refractivity (Wildman–Crippen MR) is 110 cm³/mol. The van der Waals surface area contributed by atoms with Crippen LogP contribution in [0.4, 0.5) is 5.69 Å². The fourth-order valence-electron chi connectivity index (χ4n) is 3.62. The third-order valence-corrected chi connectivity index (χ3v) is 5.74. The van der Waals surface area contributed by atoms with Crippen LogP contribution in [0.1, 0.15) is 71.3 Å². The zero-order chi connectivity index (χ0) is 19.5. The molecule has 0 bridgehead atoms. The monoisotopic (exact) mass is 368 g/mol. The number of allylic oxidation sites excluding steroid dienone is 1. The van der Waals surface area contributed by atoms with E-state index in [1.165, 1.54) is 24.0 Å². The molecule has 0 spiro atoms. The molecule has 0 heterocycles. The lowest BCUT2D eigenvalue weighted by molar-refractivity contribution is -0.134. The van der Waals surface area contributed by atoms with E-state index in [2.05, 4.69) is 37.5 Å². The Morgan fingerprint density at radius 3 is 2.30 bits per heavy atom. The van der Waals surface area contributed by atoms with E-state index in [1.54, 1.807) is 0 Å². The van der Waals surface area contributed by atoms with Crippen molar-refractivity contribution in [3.8, 4) is 0 Å². The summed E-state index contributed by atoms with van der Waals surface area (Å²) in [5.74, 6) is -0.303. The van der Waals surface area contributed by atoms with Crippen LogP contribution in [0.2, 0.25) is 0 Å². The van der Waals surface area contributed by atoms with Crippen molar-refractivity contribution in [2.24, 2.45) is 5.41 Å². The highest BCUT2D eigenvalue weighted by molar-refractivity contribution is 6.13.